The molecule has 0 aromatic carbocycles. The average Bonchev–Trinajstić information content (AvgIpc) is 2.30. The van der Waals surface area contributed by atoms with E-state index in [0.29, 0.717) is 0 Å². The molecule has 0 rings (SSSR count). The molecule has 0 aliphatic carbocycles. The van der Waals surface area contributed by atoms with Crippen LogP contribution in [0.15, 0.2) is 13.2 Å². The third-order valence-corrected chi connectivity index (χ3v) is 2.28. The fourth-order valence-electron chi connectivity index (χ4n) is 1.36. The summed E-state index contributed by atoms with van der Waals surface area (Å²) in [4.78, 5) is 0. The van der Waals surface area contributed by atoms with Gasteiger partial charge in [0.2, 0.25) is 0 Å². The molecule has 0 amide bonds. The lowest BCUT2D eigenvalue weighted by Crippen LogP contribution is -1.96. The lowest BCUT2D eigenvalue weighted by atomic mass is 10.2. The second-order valence-corrected chi connectivity index (χ2v) is 3.73. The molecule has 0 aromatic rings. The predicted octanol–water partition coefficient (Wildman–Crippen LogP) is 4.97. The van der Waals surface area contributed by atoms with Gasteiger partial charge in [-0.1, -0.05) is 52.4 Å². The first-order chi connectivity index (χ1) is 7.41. The van der Waals surface area contributed by atoms with E-state index in [2.05, 4.69) is 27.0 Å². The summed E-state index contributed by atoms with van der Waals surface area (Å²) in [5.41, 5.74) is 0. The maximum Gasteiger partial charge on any atom is 0.0466 e. The van der Waals surface area contributed by atoms with Crippen LogP contribution in [0.1, 0.15) is 65.2 Å². The van der Waals surface area contributed by atoms with Crippen LogP contribution < -0.4 is 0 Å². The predicted molar refractivity (Wildman–Crippen MR) is 70.4 cm³/mol. The minimum atomic E-state index is 0.978. The fourth-order valence-corrected chi connectivity index (χ4v) is 1.36. The van der Waals surface area contributed by atoms with E-state index in [4.69, 9.17) is 4.74 Å². The van der Waals surface area contributed by atoms with Gasteiger partial charge in [0.15, 0.2) is 0 Å². The van der Waals surface area contributed by atoms with E-state index in [1.54, 1.807) is 0 Å². The summed E-state index contributed by atoms with van der Waals surface area (Å²) in [5, 5.41) is 0. The first-order valence-corrected chi connectivity index (χ1v) is 6.49. The molecule has 0 unspecified atom stereocenters. The maximum atomic E-state index is 5.53. The summed E-state index contributed by atoms with van der Waals surface area (Å²) in [5.74, 6) is 0. The van der Waals surface area contributed by atoms with E-state index in [-0.39, 0.29) is 0 Å². The van der Waals surface area contributed by atoms with E-state index >= 15 is 0 Å². The number of hydrogen-bond donors (Lipinski definition) is 0. The van der Waals surface area contributed by atoms with Crippen molar-refractivity contribution in [3.63, 3.8) is 0 Å². The minimum Gasteiger partial charge on any atom is -0.381 e. The molecule has 0 heterocycles. The van der Waals surface area contributed by atoms with Crippen molar-refractivity contribution in [3.8, 4) is 0 Å². The van der Waals surface area contributed by atoms with Crippen LogP contribution >= 0.6 is 0 Å². The zero-order chi connectivity index (χ0) is 11.8. The lowest BCUT2D eigenvalue weighted by Gasteiger charge is -2.03. The van der Waals surface area contributed by atoms with Gasteiger partial charge in [0, 0.05) is 13.2 Å². The van der Waals surface area contributed by atoms with Gasteiger partial charge in [0.05, 0.1) is 0 Å². The Morgan fingerprint density at radius 3 is 1.40 bits per heavy atom. The minimum absolute atomic E-state index is 0.978. The van der Waals surface area contributed by atoms with Crippen LogP contribution in [0, 0.1) is 0 Å². The summed E-state index contributed by atoms with van der Waals surface area (Å²) in [6.45, 7) is 12.4. The van der Waals surface area contributed by atoms with Crippen LogP contribution in [-0.2, 0) is 4.74 Å². The van der Waals surface area contributed by atoms with E-state index in [0.717, 1.165) is 13.2 Å². The van der Waals surface area contributed by atoms with Crippen molar-refractivity contribution >= 4 is 0 Å². The molecule has 1 nitrogen and oxygen atoms in total. The molecule has 0 spiro atoms. The number of ether oxygens (including phenoxy) is 1. The Morgan fingerprint density at radius 2 is 1.07 bits per heavy atom. The van der Waals surface area contributed by atoms with Gasteiger partial charge < -0.3 is 4.74 Å². The second kappa shape index (κ2) is 19.3. The summed E-state index contributed by atoms with van der Waals surface area (Å²) in [6.07, 6.45) is 10.5. The highest BCUT2D eigenvalue weighted by Crippen LogP contribution is 2.01. The molecule has 0 aliphatic heterocycles. The van der Waals surface area contributed by atoms with E-state index in [1.807, 2.05) is 0 Å². The van der Waals surface area contributed by atoms with Gasteiger partial charge >= 0.3 is 0 Å². The Labute approximate surface area is 96.9 Å². The van der Waals surface area contributed by atoms with Gasteiger partial charge in [0.1, 0.15) is 0 Å². The van der Waals surface area contributed by atoms with Crippen molar-refractivity contribution in [2.24, 2.45) is 0 Å². The van der Waals surface area contributed by atoms with E-state index < -0.39 is 0 Å². The van der Waals surface area contributed by atoms with Crippen LogP contribution in [0.4, 0.5) is 0 Å². The molecule has 0 saturated carbocycles. The van der Waals surface area contributed by atoms with Crippen molar-refractivity contribution in [2.45, 2.75) is 65.2 Å². The largest absolute Gasteiger partial charge is 0.381 e. The van der Waals surface area contributed by atoms with Gasteiger partial charge in [0.25, 0.3) is 0 Å². The maximum absolute atomic E-state index is 5.53. The Bertz CT molecular complexity index is 81.3. The Hall–Kier alpha value is -0.300. The van der Waals surface area contributed by atoms with Crippen molar-refractivity contribution in [2.75, 3.05) is 13.2 Å². The van der Waals surface area contributed by atoms with Crippen LogP contribution in [0.3, 0.4) is 0 Å². The van der Waals surface area contributed by atoms with Crippen molar-refractivity contribution in [1.29, 1.82) is 0 Å². The van der Waals surface area contributed by atoms with Crippen molar-refractivity contribution < 1.29 is 4.74 Å². The normalized spacial score (nSPS) is 9.47. The smallest absolute Gasteiger partial charge is 0.0466 e. The highest BCUT2D eigenvalue weighted by Gasteiger charge is 1.90. The summed E-state index contributed by atoms with van der Waals surface area (Å²) in [7, 11) is 0. The zero-order valence-electron chi connectivity index (χ0n) is 10.9. The monoisotopic (exact) mass is 214 g/mol. The Kier molecular flexibility index (Phi) is 22.0. The molecule has 0 aliphatic rings. The molecule has 0 bridgehead atoms. The Balaban J connectivity index is 0. The first-order valence-electron chi connectivity index (χ1n) is 6.49. The van der Waals surface area contributed by atoms with Crippen LogP contribution in [0.5, 0.6) is 0 Å². The molecule has 0 aromatic heterocycles. The van der Waals surface area contributed by atoms with Crippen molar-refractivity contribution in [1.82, 2.24) is 0 Å². The number of hydrogen-bond acceptors (Lipinski definition) is 1. The molecule has 0 N–H and O–H groups in total. The van der Waals surface area contributed by atoms with Gasteiger partial charge in [-0.05, 0) is 12.8 Å². The molecule has 0 fully saturated rings. The summed E-state index contributed by atoms with van der Waals surface area (Å²) in [6, 6.07) is 0. The third kappa shape index (κ3) is 19.9. The molecular formula is C14H30O. The molecule has 15 heavy (non-hydrogen) atoms. The Morgan fingerprint density at radius 1 is 0.667 bits per heavy atom. The molecule has 1 heteroatoms. The summed E-state index contributed by atoms with van der Waals surface area (Å²) >= 11 is 0. The first kappa shape index (κ1) is 17.1. The summed E-state index contributed by atoms with van der Waals surface area (Å²) < 4.78 is 5.53. The van der Waals surface area contributed by atoms with Crippen molar-refractivity contribution in [3.05, 3.63) is 13.2 Å². The quantitative estimate of drug-likeness (QED) is 0.369. The highest BCUT2D eigenvalue weighted by atomic mass is 16.5. The zero-order valence-corrected chi connectivity index (χ0v) is 10.9. The van der Waals surface area contributed by atoms with Gasteiger partial charge in [-0.3, -0.25) is 0 Å². The third-order valence-electron chi connectivity index (χ3n) is 2.28. The molecule has 0 saturated heterocycles. The second-order valence-electron chi connectivity index (χ2n) is 3.73. The SMILES string of the molecule is C=C.CCCCCCOCCCCCC. The average molecular weight is 214 g/mol. The number of rotatable bonds is 10. The van der Waals surface area contributed by atoms with Crippen LogP contribution in [0.25, 0.3) is 0 Å². The fraction of sp³-hybridized carbons (Fsp3) is 0.857. The van der Waals surface area contributed by atoms with Crippen LogP contribution in [-0.4, -0.2) is 13.2 Å². The van der Waals surface area contributed by atoms with Crippen LogP contribution in [0.2, 0.25) is 0 Å². The molecule has 92 valence electrons. The number of unbranched alkanes of at least 4 members (excludes halogenated alkanes) is 6. The lowest BCUT2D eigenvalue weighted by molar-refractivity contribution is 0.126. The van der Waals surface area contributed by atoms with Gasteiger partial charge in [-0.2, -0.15) is 0 Å². The molecular weight excluding hydrogens is 184 g/mol. The highest BCUT2D eigenvalue weighted by molar-refractivity contribution is 4.41. The molecule has 0 radical (unpaired) electrons. The molecule has 0 atom stereocenters. The standard InChI is InChI=1S/C12H26O.C2H4/c1-3-5-7-9-11-13-12-10-8-6-4-2;1-2/h3-12H2,1-2H3;1-2H2. The van der Waals surface area contributed by atoms with Gasteiger partial charge in [-0.15, -0.1) is 13.2 Å². The van der Waals surface area contributed by atoms with E-state index in [1.165, 1.54) is 51.4 Å². The van der Waals surface area contributed by atoms with Gasteiger partial charge in [-0.25, -0.2) is 0 Å². The topological polar surface area (TPSA) is 9.23 Å². The van der Waals surface area contributed by atoms with E-state index in [9.17, 15) is 0 Å².